The average molecular weight is 397 g/mol. The maximum Gasteiger partial charge on any atom is 0.246 e. The van der Waals surface area contributed by atoms with Crippen molar-refractivity contribution in [1.29, 1.82) is 0 Å². The van der Waals surface area contributed by atoms with Gasteiger partial charge in [0.2, 0.25) is 11.8 Å². The fourth-order valence-corrected chi connectivity index (χ4v) is 3.46. The van der Waals surface area contributed by atoms with Crippen molar-refractivity contribution in [2.75, 3.05) is 18.8 Å². The number of rotatable bonds is 9. The fraction of sp³-hybridized carbons (Fsp3) is 0.294. The van der Waals surface area contributed by atoms with Gasteiger partial charge in [0, 0.05) is 35.1 Å². The Morgan fingerprint density at radius 3 is 2.52 bits per heavy atom. The summed E-state index contributed by atoms with van der Waals surface area (Å²) in [5, 5.41) is 2.73. The predicted octanol–water partition coefficient (Wildman–Crippen LogP) is 3.25. The Kier molecular flexibility index (Phi) is 8.73. The topological polar surface area (TPSA) is 49.4 Å². The Labute approximate surface area is 150 Å². The highest BCUT2D eigenvalue weighted by Gasteiger charge is 2.24. The molecule has 1 rings (SSSR count). The standard InChI is InChI=1S/C17H21BrN2O2S/c1-4-9-20(10-5-2)17(22)16(19-13(3)21)12-23-15-8-6-7-14(18)11-15/h4-8,11,16H,1-2,9-10,12H2,3H3,(H,19,21). The highest BCUT2D eigenvalue weighted by atomic mass is 79.9. The Morgan fingerprint density at radius 1 is 1.35 bits per heavy atom. The lowest BCUT2D eigenvalue weighted by Gasteiger charge is -2.25. The van der Waals surface area contributed by atoms with Crippen molar-refractivity contribution in [2.24, 2.45) is 0 Å². The molecule has 1 aromatic rings. The van der Waals surface area contributed by atoms with Gasteiger partial charge in [-0.3, -0.25) is 9.59 Å². The molecule has 0 heterocycles. The first-order chi connectivity index (χ1) is 11.0. The maximum atomic E-state index is 12.6. The van der Waals surface area contributed by atoms with Crippen molar-refractivity contribution in [3.8, 4) is 0 Å². The normalized spacial score (nSPS) is 11.4. The van der Waals surface area contributed by atoms with Crippen LogP contribution in [0.15, 0.2) is 58.9 Å². The lowest BCUT2D eigenvalue weighted by molar-refractivity contribution is -0.134. The molecule has 4 nitrogen and oxygen atoms in total. The van der Waals surface area contributed by atoms with Crippen molar-refractivity contribution >= 4 is 39.5 Å². The summed E-state index contributed by atoms with van der Waals surface area (Å²) in [7, 11) is 0. The van der Waals surface area contributed by atoms with Crippen LogP contribution in [0.4, 0.5) is 0 Å². The van der Waals surface area contributed by atoms with Gasteiger partial charge in [0.25, 0.3) is 0 Å². The number of carbonyl (C=O) groups is 2. The average Bonchev–Trinajstić information content (AvgIpc) is 2.50. The quantitative estimate of drug-likeness (QED) is 0.514. The van der Waals surface area contributed by atoms with E-state index in [0.29, 0.717) is 18.8 Å². The second kappa shape index (κ2) is 10.3. The Bertz CT molecular complexity index is 567. The minimum atomic E-state index is -0.587. The van der Waals surface area contributed by atoms with Crippen LogP contribution in [-0.2, 0) is 9.59 Å². The van der Waals surface area contributed by atoms with Crippen LogP contribution in [0.1, 0.15) is 6.92 Å². The molecule has 2 amide bonds. The van der Waals surface area contributed by atoms with Gasteiger partial charge < -0.3 is 10.2 Å². The number of thioether (sulfide) groups is 1. The van der Waals surface area contributed by atoms with Crippen LogP contribution < -0.4 is 5.32 Å². The first kappa shape index (κ1) is 19.5. The molecule has 1 atom stereocenters. The van der Waals surface area contributed by atoms with Crippen LogP contribution >= 0.6 is 27.7 Å². The second-order valence-electron chi connectivity index (χ2n) is 4.84. The summed E-state index contributed by atoms with van der Waals surface area (Å²) in [6.07, 6.45) is 3.32. The van der Waals surface area contributed by atoms with Crippen LogP contribution in [0.5, 0.6) is 0 Å². The molecule has 1 aromatic carbocycles. The van der Waals surface area contributed by atoms with E-state index in [1.165, 1.54) is 18.7 Å². The molecule has 0 saturated heterocycles. The van der Waals surface area contributed by atoms with Gasteiger partial charge in [0.05, 0.1) is 0 Å². The molecule has 0 aliphatic rings. The molecule has 23 heavy (non-hydrogen) atoms. The van der Waals surface area contributed by atoms with Crippen molar-refractivity contribution in [3.05, 3.63) is 54.0 Å². The number of hydrogen-bond donors (Lipinski definition) is 1. The molecule has 0 aliphatic carbocycles. The minimum Gasteiger partial charge on any atom is -0.344 e. The van der Waals surface area contributed by atoms with Gasteiger partial charge >= 0.3 is 0 Å². The fourth-order valence-electron chi connectivity index (χ4n) is 1.94. The summed E-state index contributed by atoms with van der Waals surface area (Å²) in [5.74, 6) is 0.0949. The van der Waals surface area contributed by atoms with Crippen molar-refractivity contribution in [2.45, 2.75) is 17.9 Å². The number of halogens is 1. The van der Waals surface area contributed by atoms with Gasteiger partial charge in [-0.25, -0.2) is 0 Å². The molecule has 1 unspecified atom stereocenters. The lowest BCUT2D eigenvalue weighted by atomic mass is 10.2. The number of nitrogens with zero attached hydrogens (tertiary/aromatic N) is 1. The van der Waals surface area contributed by atoms with Crippen LogP contribution in [0.25, 0.3) is 0 Å². The van der Waals surface area contributed by atoms with Gasteiger partial charge in [0.1, 0.15) is 6.04 Å². The van der Waals surface area contributed by atoms with Crippen LogP contribution in [0.2, 0.25) is 0 Å². The van der Waals surface area contributed by atoms with E-state index in [1.54, 1.807) is 17.1 Å². The molecule has 0 spiro atoms. The van der Waals surface area contributed by atoms with E-state index in [-0.39, 0.29) is 11.8 Å². The van der Waals surface area contributed by atoms with Crippen molar-refractivity contribution in [1.82, 2.24) is 10.2 Å². The van der Waals surface area contributed by atoms with E-state index in [4.69, 9.17) is 0 Å². The zero-order valence-electron chi connectivity index (χ0n) is 13.1. The summed E-state index contributed by atoms with van der Waals surface area (Å²) in [4.78, 5) is 26.7. The second-order valence-corrected chi connectivity index (χ2v) is 6.85. The number of nitrogens with one attached hydrogen (secondary N) is 1. The van der Waals surface area contributed by atoms with Gasteiger partial charge in [-0.1, -0.05) is 34.1 Å². The van der Waals surface area contributed by atoms with E-state index in [0.717, 1.165) is 9.37 Å². The number of hydrogen-bond acceptors (Lipinski definition) is 3. The largest absolute Gasteiger partial charge is 0.344 e. The molecule has 1 N–H and O–H groups in total. The highest BCUT2D eigenvalue weighted by molar-refractivity contribution is 9.10. The van der Waals surface area contributed by atoms with Crippen molar-refractivity contribution in [3.63, 3.8) is 0 Å². The molecule has 0 saturated carbocycles. The van der Waals surface area contributed by atoms with Crippen molar-refractivity contribution < 1.29 is 9.59 Å². The van der Waals surface area contributed by atoms with Crippen LogP contribution in [0.3, 0.4) is 0 Å². The van der Waals surface area contributed by atoms with E-state index >= 15 is 0 Å². The molecule has 0 radical (unpaired) electrons. The molecule has 0 bridgehead atoms. The zero-order valence-corrected chi connectivity index (χ0v) is 15.5. The molecule has 124 valence electrons. The third kappa shape index (κ3) is 7.05. The lowest BCUT2D eigenvalue weighted by Crippen LogP contribution is -2.49. The number of amides is 2. The Hall–Kier alpha value is -1.53. The highest BCUT2D eigenvalue weighted by Crippen LogP contribution is 2.23. The van der Waals surface area contributed by atoms with Gasteiger partial charge in [0.15, 0.2) is 0 Å². The zero-order chi connectivity index (χ0) is 17.2. The predicted molar refractivity (Wildman–Crippen MR) is 99.4 cm³/mol. The Balaban J connectivity index is 2.81. The smallest absolute Gasteiger partial charge is 0.246 e. The first-order valence-electron chi connectivity index (χ1n) is 7.14. The third-order valence-corrected chi connectivity index (χ3v) is 4.48. The maximum absolute atomic E-state index is 12.6. The molecule has 0 fully saturated rings. The van der Waals surface area contributed by atoms with Crippen LogP contribution in [0, 0.1) is 0 Å². The summed E-state index contributed by atoms with van der Waals surface area (Å²) < 4.78 is 0.977. The summed E-state index contributed by atoms with van der Waals surface area (Å²) in [6.45, 7) is 9.58. The van der Waals surface area contributed by atoms with Gasteiger partial charge in [-0.2, -0.15) is 0 Å². The summed E-state index contributed by atoms with van der Waals surface area (Å²) in [6, 6.07) is 7.23. The SMILES string of the molecule is C=CCN(CC=C)C(=O)C(CSc1cccc(Br)c1)NC(C)=O. The number of carbonyl (C=O) groups excluding carboxylic acids is 2. The number of benzene rings is 1. The summed E-state index contributed by atoms with van der Waals surface area (Å²) in [5.41, 5.74) is 0. The van der Waals surface area contributed by atoms with Crippen LogP contribution in [-0.4, -0.2) is 41.6 Å². The van der Waals surface area contributed by atoms with E-state index < -0.39 is 6.04 Å². The molecular formula is C17H21BrN2O2S. The van der Waals surface area contributed by atoms with Gasteiger partial charge in [-0.15, -0.1) is 24.9 Å². The first-order valence-corrected chi connectivity index (χ1v) is 8.91. The minimum absolute atomic E-state index is 0.137. The molecule has 6 heteroatoms. The van der Waals surface area contributed by atoms with E-state index in [2.05, 4.69) is 34.4 Å². The van der Waals surface area contributed by atoms with E-state index in [9.17, 15) is 9.59 Å². The summed E-state index contributed by atoms with van der Waals surface area (Å²) >= 11 is 4.95. The van der Waals surface area contributed by atoms with E-state index in [1.807, 2.05) is 24.3 Å². The Morgan fingerprint density at radius 2 is 2.00 bits per heavy atom. The molecule has 0 aliphatic heterocycles. The third-order valence-electron chi connectivity index (χ3n) is 2.90. The molecule has 0 aromatic heterocycles. The molecular weight excluding hydrogens is 376 g/mol. The monoisotopic (exact) mass is 396 g/mol. The van der Waals surface area contributed by atoms with Gasteiger partial charge in [-0.05, 0) is 18.2 Å².